The highest BCUT2D eigenvalue weighted by atomic mass is 32.1. The van der Waals surface area contributed by atoms with Gasteiger partial charge in [0, 0.05) is 28.5 Å². The van der Waals surface area contributed by atoms with E-state index >= 15 is 0 Å². The first-order valence-corrected chi connectivity index (χ1v) is 7.71. The normalized spacial score (nSPS) is 11.6. The lowest BCUT2D eigenvalue weighted by Gasteiger charge is -2.14. The van der Waals surface area contributed by atoms with Gasteiger partial charge in [-0.2, -0.15) is 5.10 Å². The summed E-state index contributed by atoms with van der Waals surface area (Å²) in [7, 11) is 0. The Hall–Kier alpha value is -1.62. The van der Waals surface area contributed by atoms with Crippen molar-refractivity contribution in [3.8, 4) is 0 Å². The second-order valence-electron chi connectivity index (χ2n) is 5.90. The highest BCUT2D eigenvalue weighted by Gasteiger charge is 2.17. The number of hydrogen-bond acceptors (Lipinski definition) is 3. The number of nitrogens with zero attached hydrogens (tertiary/aromatic N) is 1. The van der Waals surface area contributed by atoms with Crippen molar-refractivity contribution >= 4 is 23.1 Å². The van der Waals surface area contributed by atoms with Crippen LogP contribution < -0.4 is 5.32 Å². The van der Waals surface area contributed by atoms with E-state index in [1.807, 2.05) is 12.1 Å². The average Bonchev–Trinajstić information content (AvgIpc) is 2.98. The van der Waals surface area contributed by atoms with Crippen molar-refractivity contribution in [1.29, 1.82) is 0 Å². The summed E-state index contributed by atoms with van der Waals surface area (Å²) < 4.78 is 0. The van der Waals surface area contributed by atoms with Crippen LogP contribution in [0, 0.1) is 0 Å². The molecule has 2 aromatic heterocycles. The molecule has 0 fully saturated rings. The standard InChI is InChI=1S/C15H21N3OS/c1-15(2,3)12-10-13(18-17-12)16-14(19)8-4-6-11-7-5-9-20-11/h5,7,9-10H,4,6,8H2,1-3H3,(H2,16,17,18,19). The lowest BCUT2D eigenvalue weighted by atomic mass is 9.92. The van der Waals surface area contributed by atoms with Crippen LogP contribution in [0.5, 0.6) is 0 Å². The lowest BCUT2D eigenvalue weighted by Crippen LogP contribution is -2.12. The number of carbonyl (C=O) groups excluding carboxylic acids is 1. The van der Waals surface area contributed by atoms with Gasteiger partial charge in [0.2, 0.25) is 5.91 Å². The fourth-order valence-corrected chi connectivity index (χ4v) is 2.60. The SMILES string of the molecule is CC(C)(C)c1cc(NC(=O)CCCc2cccs2)n[nH]1. The number of aromatic nitrogens is 2. The molecule has 2 N–H and O–H groups in total. The molecule has 0 unspecified atom stereocenters. The summed E-state index contributed by atoms with van der Waals surface area (Å²) in [6.07, 6.45) is 2.34. The van der Waals surface area contributed by atoms with Crippen molar-refractivity contribution in [2.45, 2.75) is 45.4 Å². The Morgan fingerprint density at radius 3 is 2.85 bits per heavy atom. The molecule has 0 saturated carbocycles. The van der Waals surface area contributed by atoms with E-state index in [9.17, 15) is 4.79 Å². The van der Waals surface area contributed by atoms with Gasteiger partial charge in [-0.05, 0) is 24.3 Å². The molecule has 0 bridgehead atoms. The van der Waals surface area contributed by atoms with E-state index in [4.69, 9.17) is 0 Å². The van der Waals surface area contributed by atoms with Gasteiger partial charge in [0.1, 0.15) is 0 Å². The molecule has 1 amide bonds. The van der Waals surface area contributed by atoms with Crippen LogP contribution in [0.25, 0.3) is 0 Å². The molecule has 0 radical (unpaired) electrons. The minimum Gasteiger partial charge on any atom is -0.309 e. The van der Waals surface area contributed by atoms with Crippen LogP contribution in [0.1, 0.15) is 44.2 Å². The first-order valence-electron chi connectivity index (χ1n) is 6.83. The number of carbonyl (C=O) groups is 1. The minimum absolute atomic E-state index is 0.00908. The Kier molecular flexibility index (Phi) is 4.60. The highest BCUT2D eigenvalue weighted by molar-refractivity contribution is 7.09. The van der Waals surface area contributed by atoms with Gasteiger partial charge in [0.25, 0.3) is 0 Å². The summed E-state index contributed by atoms with van der Waals surface area (Å²) in [6.45, 7) is 6.31. The second kappa shape index (κ2) is 6.22. The van der Waals surface area contributed by atoms with E-state index in [0.717, 1.165) is 18.5 Å². The Balaban J connectivity index is 1.78. The topological polar surface area (TPSA) is 57.8 Å². The van der Waals surface area contributed by atoms with Crippen molar-refractivity contribution < 1.29 is 4.79 Å². The van der Waals surface area contributed by atoms with Crippen LogP contribution in [0.3, 0.4) is 0 Å². The Morgan fingerprint density at radius 1 is 1.45 bits per heavy atom. The van der Waals surface area contributed by atoms with Gasteiger partial charge in [-0.25, -0.2) is 0 Å². The molecule has 0 aromatic carbocycles. The largest absolute Gasteiger partial charge is 0.309 e. The third-order valence-electron chi connectivity index (χ3n) is 3.06. The Morgan fingerprint density at radius 2 is 2.25 bits per heavy atom. The molecule has 2 rings (SSSR count). The van der Waals surface area contributed by atoms with Crippen LogP contribution in [0.4, 0.5) is 5.82 Å². The molecule has 108 valence electrons. The molecule has 20 heavy (non-hydrogen) atoms. The van der Waals surface area contributed by atoms with E-state index in [1.165, 1.54) is 4.88 Å². The number of aryl methyl sites for hydroxylation is 1. The van der Waals surface area contributed by atoms with E-state index in [2.05, 4.69) is 47.7 Å². The van der Waals surface area contributed by atoms with E-state index in [0.29, 0.717) is 12.2 Å². The third kappa shape index (κ3) is 4.20. The Bertz CT molecular complexity index is 552. The smallest absolute Gasteiger partial charge is 0.225 e. The summed E-state index contributed by atoms with van der Waals surface area (Å²) in [5, 5.41) is 12.0. The molecule has 5 heteroatoms. The molecule has 2 aromatic rings. The van der Waals surface area contributed by atoms with Crippen LogP contribution in [0.15, 0.2) is 23.6 Å². The van der Waals surface area contributed by atoms with Gasteiger partial charge in [0.15, 0.2) is 5.82 Å². The third-order valence-corrected chi connectivity index (χ3v) is 4.00. The van der Waals surface area contributed by atoms with E-state index < -0.39 is 0 Å². The lowest BCUT2D eigenvalue weighted by molar-refractivity contribution is -0.116. The summed E-state index contributed by atoms with van der Waals surface area (Å²) in [6, 6.07) is 6.04. The molecular formula is C15H21N3OS. The van der Waals surface area contributed by atoms with Gasteiger partial charge < -0.3 is 5.32 Å². The molecule has 4 nitrogen and oxygen atoms in total. The zero-order valence-corrected chi connectivity index (χ0v) is 13.0. The maximum atomic E-state index is 11.8. The summed E-state index contributed by atoms with van der Waals surface area (Å²) in [5.41, 5.74) is 1.03. The monoisotopic (exact) mass is 291 g/mol. The fraction of sp³-hybridized carbons (Fsp3) is 0.467. The number of rotatable bonds is 5. The molecule has 0 aliphatic rings. The van der Waals surface area contributed by atoms with Gasteiger partial charge in [-0.3, -0.25) is 9.89 Å². The first kappa shape index (κ1) is 14.8. The predicted molar refractivity (Wildman–Crippen MR) is 83.2 cm³/mol. The number of H-pyrrole nitrogens is 1. The van der Waals surface area contributed by atoms with Gasteiger partial charge in [0.05, 0.1) is 0 Å². The number of aromatic amines is 1. The van der Waals surface area contributed by atoms with Crippen molar-refractivity contribution in [3.63, 3.8) is 0 Å². The summed E-state index contributed by atoms with van der Waals surface area (Å²) in [4.78, 5) is 13.2. The maximum absolute atomic E-state index is 11.8. The van der Waals surface area contributed by atoms with E-state index in [-0.39, 0.29) is 11.3 Å². The zero-order chi connectivity index (χ0) is 14.6. The van der Waals surface area contributed by atoms with Crippen LogP contribution in [-0.4, -0.2) is 16.1 Å². The number of nitrogens with one attached hydrogen (secondary N) is 2. The van der Waals surface area contributed by atoms with Crippen molar-refractivity contribution in [2.24, 2.45) is 0 Å². The fourth-order valence-electron chi connectivity index (χ4n) is 1.85. The second-order valence-corrected chi connectivity index (χ2v) is 6.93. The number of anilines is 1. The van der Waals surface area contributed by atoms with E-state index in [1.54, 1.807) is 11.3 Å². The number of amides is 1. The van der Waals surface area contributed by atoms with Crippen molar-refractivity contribution in [3.05, 3.63) is 34.2 Å². The predicted octanol–water partition coefficient (Wildman–Crippen LogP) is 3.73. The van der Waals surface area contributed by atoms with Crippen LogP contribution in [0.2, 0.25) is 0 Å². The van der Waals surface area contributed by atoms with Gasteiger partial charge in [-0.15, -0.1) is 11.3 Å². The van der Waals surface area contributed by atoms with Gasteiger partial charge >= 0.3 is 0 Å². The highest BCUT2D eigenvalue weighted by Crippen LogP contribution is 2.22. The molecule has 0 spiro atoms. The molecular weight excluding hydrogens is 270 g/mol. The molecule has 0 saturated heterocycles. The van der Waals surface area contributed by atoms with Crippen LogP contribution in [-0.2, 0) is 16.6 Å². The molecule has 0 aliphatic carbocycles. The summed E-state index contributed by atoms with van der Waals surface area (Å²) in [5.74, 6) is 0.629. The summed E-state index contributed by atoms with van der Waals surface area (Å²) >= 11 is 1.74. The molecule has 0 atom stereocenters. The Labute approximate surface area is 123 Å². The first-order chi connectivity index (χ1) is 9.45. The minimum atomic E-state index is 0.00908. The average molecular weight is 291 g/mol. The molecule has 0 aliphatic heterocycles. The van der Waals surface area contributed by atoms with Crippen molar-refractivity contribution in [2.75, 3.05) is 5.32 Å². The maximum Gasteiger partial charge on any atom is 0.225 e. The van der Waals surface area contributed by atoms with Crippen LogP contribution >= 0.6 is 11.3 Å². The van der Waals surface area contributed by atoms with Gasteiger partial charge in [-0.1, -0.05) is 26.8 Å². The quantitative estimate of drug-likeness (QED) is 0.882. The van der Waals surface area contributed by atoms with Crippen molar-refractivity contribution in [1.82, 2.24) is 10.2 Å². The zero-order valence-electron chi connectivity index (χ0n) is 12.2. The number of hydrogen-bond donors (Lipinski definition) is 2. The number of thiophene rings is 1. The molecule has 2 heterocycles.